The number of amides is 1. The van der Waals surface area contributed by atoms with E-state index in [1.807, 2.05) is 0 Å². The average molecular weight is 481 g/mol. The lowest BCUT2D eigenvalue weighted by Crippen LogP contribution is -2.29. The Balaban J connectivity index is 1.94. The molecule has 3 aromatic carbocycles. The monoisotopic (exact) mass is 480 g/mol. The average Bonchev–Trinajstić information content (AvgIpc) is 3.09. The van der Waals surface area contributed by atoms with Gasteiger partial charge in [-0.1, -0.05) is 35.9 Å². The van der Waals surface area contributed by atoms with Gasteiger partial charge >= 0.3 is 0 Å². The highest BCUT2D eigenvalue weighted by atomic mass is 35.5. The summed E-state index contributed by atoms with van der Waals surface area (Å²) in [7, 11) is 1.43. The van der Waals surface area contributed by atoms with E-state index in [0.717, 1.165) is 6.07 Å². The number of methoxy groups -OCH3 is 1. The number of anilines is 1. The minimum absolute atomic E-state index is 0.00346. The van der Waals surface area contributed by atoms with Crippen molar-refractivity contribution in [2.45, 2.75) is 6.04 Å². The number of non-ortho nitro benzene ring substituents is 1. The second-order valence-electron chi connectivity index (χ2n) is 7.39. The third-order valence-corrected chi connectivity index (χ3v) is 5.69. The van der Waals surface area contributed by atoms with Gasteiger partial charge in [0.05, 0.1) is 28.7 Å². The first kappa shape index (κ1) is 22.8. The summed E-state index contributed by atoms with van der Waals surface area (Å²) in [5.41, 5.74) is 0.133. The number of hydrogen-bond acceptors (Lipinski definition) is 7. The highest BCUT2D eigenvalue weighted by Gasteiger charge is 2.47. The number of aliphatic hydroxyl groups excluding tert-OH is 1. The zero-order valence-corrected chi connectivity index (χ0v) is 18.4. The number of Topliss-reactive ketones (excluding diaryl/α,β-unsaturated/α-hetero) is 1. The molecule has 0 saturated carbocycles. The van der Waals surface area contributed by atoms with Crippen LogP contribution in [0.5, 0.6) is 11.5 Å². The van der Waals surface area contributed by atoms with Gasteiger partial charge in [0.1, 0.15) is 17.3 Å². The van der Waals surface area contributed by atoms with Crippen molar-refractivity contribution < 1.29 is 29.5 Å². The maximum Gasteiger partial charge on any atom is 0.300 e. The summed E-state index contributed by atoms with van der Waals surface area (Å²) in [6, 6.07) is 14.3. The van der Waals surface area contributed by atoms with Gasteiger partial charge in [0.2, 0.25) is 0 Å². The predicted octanol–water partition coefficient (Wildman–Crippen LogP) is 4.59. The quantitative estimate of drug-likeness (QED) is 0.179. The molecule has 172 valence electrons. The SMILES string of the molecule is COc1ccc(N2C(=O)C(=O)/C(=C(/O)c3cccc([N+](=O)[O-])c3)C2c2ccc(O)cc2)cc1Cl. The Labute approximate surface area is 198 Å². The molecule has 10 heteroatoms. The molecule has 0 radical (unpaired) electrons. The van der Waals surface area contributed by atoms with Crippen molar-refractivity contribution in [1.29, 1.82) is 0 Å². The minimum atomic E-state index is -1.09. The van der Waals surface area contributed by atoms with Crippen LogP contribution in [0.1, 0.15) is 17.2 Å². The van der Waals surface area contributed by atoms with Crippen LogP contribution in [0.2, 0.25) is 5.02 Å². The standard InChI is InChI=1S/C24H17ClN2O7/c1-34-19-10-7-15(12-18(19)25)26-21(13-5-8-17(28)9-6-13)20(23(30)24(26)31)22(29)14-3-2-4-16(11-14)27(32)33/h2-12,21,28-29H,1H3/b22-20+. The fourth-order valence-corrected chi connectivity index (χ4v) is 4.05. The van der Waals surface area contributed by atoms with Crippen LogP contribution in [-0.4, -0.2) is 33.9 Å². The molecule has 34 heavy (non-hydrogen) atoms. The van der Waals surface area contributed by atoms with Crippen molar-refractivity contribution in [2.75, 3.05) is 12.0 Å². The molecule has 0 bridgehead atoms. The number of nitrogens with zero attached hydrogens (tertiary/aromatic N) is 2. The van der Waals surface area contributed by atoms with Crippen LogP contribution in [0.4, 0.5) is 11.4 Å². The Kier molecular flexibility index (Phi) is 5.95. The lowest BCUT2D eigenvalue weighted by atomic mass is 9.95. The van der Waals surface area contributed by atoms with Gasteiger partial charge in [0, 0.05) is 23.4 Å². The number of halogens is 1. The molecular formula is C24H17ClN2O7. The van der Waals surface area contributed by atoms with E-state index < -0.39 is 28.4 Å². The molecule has 1 heterocycles. The fraction of sp³-hybridized carbons (Fsp3) is 0.0833. The van der Waals surface area contributed by atoms with E-state index in [1.54, 1.807) is 0 Å². The number of nitro benzene ring substituents is 1. The van der Waals surface area contributed by atoms with Crippen molar-refractivity contribution in [1.82, 2.24) is 0 Å². The second kappa shape index (κ2) is 8.87. The van der Waals surface area contributed by atoms with Gasteiger partial charge in [-0.15, -0.1) is 0 Å². The summed E-state index contributed by atoms with van der Waals surface area (Å²) in [6.07, 6.45) is 0. The number of ketones is 1. The van der Waals surface area contributed by atoms with E-state index in [9.17, 15) is 29.9 Å². The smallest absolute Gasteiger partial charge is 0.300 e. The molecule has 9 nitrogen and oxygen atoms in total. The summed E-state index contributed by atoms with van der Waals surface area (Å²) in [6.45, 7) is 0. The number of nitro groups is 1. The first-order valence-electron chi connectivity index (χ1n) is 9.91. The van der Waals surface area contributed by atoms with E-state index in [0.29, 0.717) is 11.3 Å². The Hall–Kier alpha value is -4.37. The Bertz CT molecular complexity index is 1350. The van der Waals surface area contributed by atoms with Gasteiger partial charge in [-0.2, -0.15) is 0 Å². The van der Waals surface area contributed by atoms with Crippen LogP contribution in [0.15, 0.2) is 72.3 Å². The molecule has 4 rings (SSSR count). The molecule has 1 fully saturated rings. The van der Waals surface area contributed by atoms with Crippen LogP contribution in [-0.2, 0) is 9.59 Å². The van der Waals surface area contributed by atoms with Crippen LogP contribution >= 0.6 is 11.6 Å². The van der Waals surface area contributed by atoms with Crippen LogP contribution < -0.4 is 9.64 Å². The van der Waals surface area contributed by atoms with Crippen LogP contribution in [0.25, 0.3) is 5.76 Å². The molecule has 1 atom stereocenters. The molecule has 2 N–H and O–H groups in total. The number of phenols is 1. The predicted molar refractivity (Wildman–Crippen MR) is 124 cm³/mol. The first-order chi connectivity index (χ1) is 16.2. The van der Waals surface area contributed by atoms with E-state index in [1.165, 1.54) is 72.7 Å². The highest BCUT2D eigenvalue weighted by molar-refractivity contribution is 6.51. The number of benzene rings is 3. The number of ether oxygens (including phenoxy) is 1. The van der Waals surface area contributed by atoms with Crippen molar-refractivity contribution in [3.05, 3.63) is 98.6 Å². The summed E-state index contributed by atoms with van der Waals surface area (Å²) in [5, 5.41) is 32.2. The van der Waals surface area contributed by atoms with Gasteiger partial charge in [-0.05, 0) is 35.9 Å². The summed E-state index contributed by atoms with van der Waals surface area (Å²) < 4.78 is 5.15. The van der Waals surface area contributed by atoms with Crippen molar-refractivity contribution >= 4 is 40.4 Å². The van der Waals surface area contributed by atoms with Crippen LogP contribution in [0, 0.1) is 10.1 Å². The third-order valence-electron chi connectivity index (χ3n) is 5.40. The normalized spacial score (nSPS) is 17.1. The molecule has 0 spiro atoms. The van der Waals surface area contributed by atoms with E-state index in [4.69, 9.17) is 16.3 Å². The molecule has 1 unspecified atom stereocenters. The largest absolute Gasteiger partial charge is 0.508 e. The van der Waals surface area contributed by atoms with Gasteiger partial charge in [0.15, 0.2) is 0 Å². The van der Waals surface area contributed by atoms with Crippen molar-refractivity contribution in [2.24, 2.45) is 0 Å². The van der Waals surface area contributed by atoms with Gasteiger partial charge in [0.25, 0.3) is 17.4 Å². The number of aliphatic hydroxyl groups is 1. The highest BCUT2D eigenvalue weighted by Crippen LogP contribution is 2.44. The maximum absolute atomic E-state index is 13.1. The third kappa shape index (κ3) is 3.93. The molecule has 1 saturated heterocycles. The van der Waals surface area contributed by atoms with Crippen molar-refractivity contribution in [3.8, 4) is 11.5 Å². The van der Waals surface area contributed by atoms with E-state index >= 15 is 0 Å². The van der Waals surface area contributed by atoms with E-state index in [2.05, 4.69) is 0 Å². The second-order valence-corrected chi connectivity index (χ2v) is 7.79. The van der Waals surface area contributed by atoms with E-state index in [-0.39, 0.29) is 33.3 Å². The van der Waals surface area contributed by atoms with Crippen molar-refractivity contribution in [3.63, 3.8) is 0 Å². The number of hydrogen-bond donors (Lipinski definition) is 2. The molecule has 1 amide bonds. The van der Waals surface area contributed by atoms with Crippen LogP contribution in [0.3, 0.4) is 0 Å². The van der Waals surface area contributed by atoms with Gasteiger partial charge in [-0.25, -0.2) is 0 Å². The summed E-state index contributed by atoms with van der Waals surface area (Å²) in [5.74, 6) is -2.14. The Morgan fingerprint density at radius 3 is 2.41 bits per heavy atom. The zero-order valence-electron chi connectivity index (χ0n) is 17.6. The fourth-order valence-electron chi connectivity index (χ4n) is 3.80. The Morgan fingerprint density at radius 1 is 1.09 bits per heavy atom. The molecule has 1 aliphatic heterocycles. The van der Waals surface area contributed by atoms with Gasteiger partial charge in [-0.3, -0.25) is 24.6 Å². The Morgan fingerprint density at radius 2 is 1.79 bits per heavy atom. The zero-order chi connectivity index (χ0) is 24.6. The number of aromatic hydroxyl groups is 1. The molecule has 3 aromatic rings. The molecule has 0 aliphatic carbocycles. The topological polar surface area (TPSA) is 130 Å². The summed E-state index contributed by atoms with van der Waals surface area (Å²) in [4.78, 5) is 38.0. The lowest BCUT2D eigenvalue weighted by Gasteiger charge is -2.26. The number of phenolic OH excluding ortho intramolecular Hbond substituents is 1. The minimum Gasteiger partial charge on any atom is -0.508 e. The molecule has 0 aromatic heterocycles. The van der Waals surface area contributed by atoms with Gasteiger partial charge < -0.3 is 14.9 Å². The lowest BCUT2D eigenvalue weighted by molar-refractivity contribution is -0.384. The number of rotatable bonds is 5. The number of carbonyl (C=O) groups excluding carboxylic acids is 2. The number of carbonyl (C=O) groups is 2. The molecule has 1 aliphatic rings. The summed E-state index contributed by atoms with van der Waals surface area (Å²) >= 11 is 6.24. The maximum atomic E-state index is 13.1. The first-order valence-corrected chi connectivity index (χ1v) is 10.3. The molecular weight excluding hydrogens is 464 g/mol.